The van der Waals surface area contributed by atoms with Crippen LogP contribution in [0.3, 0.4) is 0 Å². The van der Waals surface area contributed by atoms with E-state index in [1.807, 2.05) is 19.9 Å². The highest BCUT2D eigenvalue weighted by atomic mass is 16.4. The number of aryl methyl sites for hydroxylation is 2. The Balaban J connectivity index is 2.66. The Bertz CT molecular complexity index is 494. The van der Waals surface area contributed by atoms with Crippen molar-refractivity contribution in [1.82, 2.24) is 0 Å². The number of carbonyl (C=O) groups is 2. The number of amides is 1. The fourth-order valence-corrected chi connectivity index (χ4v) is 2.37. The van der Waals surface area contributed by atoms with Gasteiger partial charge in [-0.15, -0.1) is 0 Å². The second-order valence-electron chi connectivity index (χ2n) is 4.44. The van der Waals surface area contributed by atoms with E-state index >= 15 is 0 Å². The van der Waals surface area contributed by atoms with Gasteiger partial charge in [0.15, 0.2) is 5.78 Å². The first-order valence-corrected chi connectivity index (χ1v) is 5.65. The number of carboxylic acid groups (broad SMARTS) is 1. The molecule has 1 aliphatic heterocycles. The highest BCUT2D eigenvalue weighted by molar-refractivity contribution is 6.06. The van der Waals surface area contributed by atoms with Gasteiger partial charge < -0.3 is 5.11 Å². The fraction of sp³-hybridized carbons (Fsp3) is 0.385. The normalized spacial score (nSPS) is 15.4. The molecule has 0 atom stereocenters. The third kappa shape index (κ3) is 2.02. The molecule has 0 unspecified atom stereocenters. The average molecular weight is 233 g/mol. The van der Waals surface area contributed by atoms with Crippen molar-refractivity contribution in [2.75, 3.05) is 11.4 Å². The lowest BCUT2D eigenvalue weighted by Gasteiger charge is -2.21. The van der Waals surface area contributed by atoms with Crippen molar-refractivity contribution in [1.29, 1.82) is 0 Å². The molecular formula is C13H15NO3. The zero-order valence-corrected chi connectivity index (χ0v) is 9.99. The van der Waals surface area contributed by atoms with Crippen LogP contribution in [0.2, 0.25) is 0 Å². The number of ketones is 1. The Labute approximate surface area is 99.9 Å². The Morgan fingerprint density at radius 3 is 2.71 bits per heavy atom. The molecule has 4 nitrogen and oxygen atoms in total. The number of anilines is 1. The molecule has 4 heteroatoms. The first-order chi connectivity index (χ1) is 8.00. The molecule has 0 fully saturated rings. The molecule has 1 aromatic carbocycles. The fourth-order valence-electron chi connectivity index (χ4n) is 2.37. The van der Waals surface area contributed by atoms with Crippen molar-refractivity contribution in [3.8, 4) is 0 Å². The average Bonchev–Trinajstić information content (AvgIpc) is 2.39. The van der Waals surface area contributed by atoms with Crippen LogP contribution in [-0.4, -0.2) is 23.5 Å². The predicted molar refractivity (Wildman–Crippen MR) is 64.9 cm³/mol. The van der Waals surface area contributed by atoms with E-state index in [4.69, 9.17) is 0 Å². The lowest BCUT2D eigenvalue weighted by atomic mass is 10.00. The molecule has 0 aromatic heterocycles. The molecule has 1 amide bonds. The molecule has 1 aromatic rings. The molecule has 0 saturated heterocycles. The number of hydrogen-bond acceptors (Lipinski definition) is 2. The van der Waals surface area contributed by atoms with Crippen LogP contribution < -0.4 is 4.90 Å². The van der Waals surface area contributed by atoms with Gasteiger partial charge in [0.25, 0.3) is 0 Å². The quantitative estimate of drug-likeness (QED) is 0.749. The number of nitrogens with zero attached hydrogens (tertiary/aromatic N) is 1. The van der Waals surface area contributed by atoms with Crippen LogP contribution in [0.25, 0.3) is 0 Å². The highest BCUT2D eigenvalue weighted by Gasteiger charge is 2.26. The number of carbonyl (C=O) groups excluding carboxylic acids is 1. The van der Waals surface area contributed by atoms with Crippen molar-refractivity contribution in [3.63, 3.8) is 0 Å². The molecule has 1 aliphatic rings. The van der Waals surface area contributed by atoms with Crippen molar-refractivity contribution in [2.24, 2.45) is 0 Å². The van der Waals surface area contributed by atoms with Crippen molar-refractivity contribution < 1.29 is 14.7 Å². The van der Waals surface area contributed by atoms with Gasteiger partial charge >= 0.3 is 6.09 Å². The van der Waals surface area contributed by atoms with Crippen molar-refractivity contribution in [2.45, 2.75) is 26.7 Å². The third-order valence-electron chi connectivity index (χ3n) is 3.03. The molecule has 0 bridgehead atoms. The number of fused-ring (bicyclic) bond motifs is 1. The van der Waals surface area contributed by atoms with E-state index in [2.05, 4.69) is 0 Å². The second-order valence-corrected chi connectivity index (χ2v) is 4.44. The second kappa shape index (κ2) is 4.20. The summed E-state index contributed by atoms with van der Waals surface area (Å²) in [4.78, 5) is 24.5. The monoisotopic (exact) mass is 233 g/mol. The van der Waals surface area contributed by atoms with E-state index in [0.29, 0.717) is 30.6 Å². The van der Waals surface area contributed by atoms with Crippen molar-refractivity contribution >= 4 is 17.6 Å². The van der Waals surface area contributed by atoms with Crippen LogP contribution in [-0.2, 0) is 0 Å². The van der Waals surface area contributed by atoms with E-state index in [1.165, 1.54) is 4.90 Å². The Kier molecular flexibility index (Phi) is 2.88. The van der Waals surface area contributed by atoms with Gasteiger partial charge in [0.05, 0.1) is 5.69 Å². The van der Waals surface area contributed by atoms with Crippen LogP contribution >= 0.6 is 0 Å². The van der Waals surface area contributed by atoms with Gasteiger partial charge in [-0.3, -0.25) is 9.69 Å². The summed E-state index contributed by atoms with van der Waals surface area (Å²) in [6, 6.07) is 3.69. The van der Waals surface area contributed by atoms with E-state index < -0.39 is 6.09 Å². The summed E-state index contributed by atoms with van der Waals surface area (Å²) in [6.07, 6.45) is 0.00531. The maximum Gasteiger partial charge on any atom is 0.411 e. The minimum atomic E-state index is -0.993. The molecule has 2 rings (SSSR count). The third-order valence-corrected chi connectivity index (χ3v) is 3.03. The van der Waals surface area contributed by atoms with Gasteiger partial charge in [0.2, 0.25) is 0 Å². The molecule has 1 heterocycles. The maximum atomic E-state index is 12.0. The topological polar surface area (TPSA) is 57.6 Å². The van der Waals surface area contributed by atoms with Crippen molar-refractivity contribution in [3.05, 3.63) is 28.8 Å². The molecule has 0 spiro atoms. The van der Waals surface area contributed by atoms with Gasteiger partial charge in [0.1, 0.15) is 0 Å². The zero-order valence-electron chi connectivity index (χ0n) is 9.99. The standard InChI is InChI=1S/C13H15NO3/c1-8-6-9(2)12-10(7-8)11(15)4-3-5-14(12)13(16)17/h6-7H,3-5H2,1-2H3,(H,16,17). The van der Waals surface area contributed by atoms with Gasteiger partial charge in [-0.05, 0) is 37.5 Å². The Morgan fingerprint density at radius 1 is 1.35 bits per heavy atom. The minimum absolute atomic E-state index is 0.0375. The van der Waals surface area contributed by atoms with E-state index in [9.17, 15) is 14.7 Å². The first kappa shape index (κ1) is 11.6. The first-order valence-electron chi connectivity index (χ1n) is 5.65. The Morgan fingerprint density at radius 2 is 2.06 bits per heavy atom. The lowest BCUT2D eigenvalue weighted by Crippen LogP contribution is -2.30. The smallest absolute Gasteiger partial charge is 0.411 e. The molecule has 17 heavy (non-hydrogen) atoms. The summed E-state index contributed by atoms with van der Waals surface area (Å²) in [5.74, 6) is 0.0375. The molecule has 1 N–H and O–H groups in total. The predicted octanol–water partition coefficient (Wildman–Crippen LogP) is 2.76. The number of benzene rings is 1. The summed E-state index contributed by atoms with van der Waals surface area (Å²) >= 11 is 0. The maximum absolute atomic E-state index is 12.0. The number of hydrogen-bond donors (Lipinski definition) is 1. The number of Topliss-reactive ketones (excluding diaryl/α,β-unsaturated/α-hetero) is 1. The number of rotatable bonds is 0. The molecule has 0 saturated carbocycles. The Hall–Kier alpha value is -1.84. The summed E-state index contributed by atoms with van der Waals surface area (Å²) in [5, 5.41) is 9.20. The molecule has 0 aliphatic carbocycles. The molecular weight excluding hydrogens is 218 g/mol. The van der Waals surface area contributed by atoms with Gasteiger partial charge in [-0.1, -0.05) is 6.07 Å². The van der Waals surface area contributed by atoms with E-state index in [-0.39, 0.29) is 5.78 Å². The molecule has 0 radical (unpaired) electrons. The summed E-state index contributed by atoms with van der Waals surface area (Å²) in [5.41, 5.74) is 2.94. The van der Waals surface area contributed by atoms with Gasteiger partial charge in [-0.2, -0.15) is 0 Å². The van der Waals surface area contributed by atoms with Crippen LogP contribution in [0.5, 0.6) is 0 Å². The summed E-state index contributed by atoms with van der Waals surface area (Å²) in [7, 11) is 0. The summed E-state index contributed by atoms with van der Waals surface area (Å²) < 4.78 is 0. The minimum Gasteiger partial charge on any atom is -0.465 e. The van der Waals surface area contributed by atoms with Crippen LogP contribution in [0.4, 0.5) is 10.5 Å². The van der Waals surface area contributed by atoms with Crippen LogP contribution in [0, 0.1) is 13.8 Å². The van der Waals surface area contributed by atoms with Crippen LogP contribution in [0.15, 0.2) is 12.1 Å². The molecule has 90 valence electrons. The largest absolute Gasteiger partial charge is 0.465 e. The van der Waals surface area contributed by atoms with E-state index in [1.54, 1.807) is 6.07 Å². The lowest BCUT2D eigenvalue weighted by molar-refractivity contribution is 0.0983. The van der Waals surface area contributed by atoms with Crippen LogP contribution in [0.1, 0.15) is 34.3 Å². The SMILES string of the molecule is Cc1cc(C)c2c(c1)C(=O)CCCN2C(=O)O. The van der Waals surface area contributed by atoms with Gasteiger partial charge in [0, 0.05) is 18.5 Å². The highest BCUT2D eigenvalue weighted by Crippen LogP contribution is 2.31. The zero-order chi connectivity index (χ0) is 12.6. The van der Waals surface area contributed by atoms with Gasteiger partial charge in [-0.25, -0.2) is 4.79 Å². The summed E-state index contributed by atoms with van der Waals surface area (Å²) in [6.45, 7) is 4.15. The van der Waals surface area contributed by atoms with E-state index in [0.717, 1.165) is 11.1 Å².